The molecular formula is C17H17N3O4. The van der Waals surface area contributed by atoms with Gasteiger partial charge in [0, 0.05) is 23.4 Å². The lowest BCUT2D eigenvalue weighted by Gasteiger charge is -2.08. The zero-order valence-electron chi connectivity index (χ0n) is 13.3. The molecule has 2 aromatic carbocycles. The molecule has 0 spiro atoms. The Kier molecular flexibility index (Phi) is 5.26. The zero-order chi connectivity index (χ0) is 17.7. The molecule has 24 heavy (non-hydrogen) atoms. The first-order valence-corrected chi connectivity index (χ1v) is 7.26. The van der Waals surface area contributed by atoms with Gasteiger partial charge in [0.25, 0.3) is 11.6 Å². The van der Waals surface area contributed by atoms with Crippen LogP contribution in [0, 0.1) is 24.0 Å². The molecule has 0 aromatic heterocycles. The number of aryl methyl sites for hydroxylation is 2. The van der Waals surface area contributed by atoms with Gasteiger partial charge in [-0.05, 0) is 43.2 Å². The van der Waals surface area contributed by atoms with Gasteiger partial charge in [-0.2, -0.15) is 0 Å². The molecule has 2 amide bonds. The summed E-state index contributed by atoms with van der Waals surface area (Å²) in [5.74, 6) is -0.923. The van der Waals surface area contributed by atoms with Crippen LogP contribution in [-0.2, 0) is 4.79 Å². The summed E-state index contributed by atoms with van der Waals surface area (Å²) in [6.45, 7) is 3.62. The molecule has 0 aliphatic heterocycles. The van der Waals surface area contributed by atoms with Crippen LogP contribution in [0.2, 0.25) is 0 Å². The van der Waals surface area contributed by atoms with Gasteiger partial charge in [0.15, 0.2) is 0 Å². The maximum absolute atomic E-state index is 12.0. The topological polar surface area (TPSA) is 101 Å². The quantitative estimate of drug-likeness (QED) is 0.651. The van der Waals surface area contributed by atoms with E-state index in [1.807, 2.05) is 32.0 Å². The summed E-state index contributed by atoms with van der Waals surface area (Å²) >= 11 is 0. The number of rotatable bonds is 5. The van der Waals surface area contributed by atoms with E-state index in [-0.39, 0.29) is 23.7 Å². The van der Waals surface area contributed by atoms with Crippen LogP contribution in [0.25, 0.3) is 0 Å². The molecule has 2 aromatic rings. The molecule has 0 atom stereocenters. The number of carbonyl (C=O) groups is 2. The third-order valence-electron chi connectivity index (χ3n) is 3.23. The van der Waals surface area contributed by atoms with Crippen LogP contribution in [0.1, 0.15) is 21.5 Å². The molecule has 0 aliphatic rings. The van der Waals surface area contributed by atoms with Crippen LogP contribution in [0.4, 0.5) is 11.4 Å². The molecule has 0 unspecified atom stereocenters. The summed E-state index contributed by atoms with van der Waals surface area (Å²) in [6, 6.07) is 11.0. The maximum Gasteiger partial charge on any atom is 0.270 e. The molecule has 0 heterocycles. The molecule has 7 nitrogen and oxygen atoms in total. The summed E-state index contributed by atoms with van der Waals surface area (Å²) in [6.07, 6.45) is 0. The number of amides is 2. The lowest BCUT2D eigenvalue weighted by Crippen LogP contribution is -2.32. The Morgan fingerprint density at radius 3 is 2.38 bits per heavy atom. The van der Waals surface area contributed by atoms with Gasteiger partial charge in [-0.25, -0.2) is 0 Å². The highest BCUT2D eigenvalue weighted by Gasteiger charge is 2.12. The molecule has 7 heteroatoms. The van der Waals surface area contributed by atoms with Gasteiger partial charge in [-0.1, -0.05) is 12.1 Å². The van der Waals surface area contributed by atoms with Gasteiger partial charge in [-0.15, -0.1) is 0 Å². The van der Waals surface area contributed by atoms with Crippen molar-refractivity contribution >= 4 is 23.2 Å². The Hall–Kier alpha value is -3.22. The number of nitrogens with one attached hydrogen (secondary N) is 2. The van der Waals surface area contributed by atoms with E-state index in [0.29, 0.717) is 5.69 Å². The highest BCUT2D eigenvalue weighted by molar-refractivity contribution is 5.99. The van der Waals surface area contributed by atoms with E-state index in [4.69, 9.17) is 0 Å². The van der Waals surface area contributed by atoms with Crippen LogP contribution >= 0.6 is 0 Å². The number of non-ortho nitro benzene ring substituents is 1. The van der Waals surface area contributed by atoms with Crippen molar-refractivity contribution < 1.29 is 14.5 Å². The fraction of sp³-hybridized carbons (Fsp3) is 0.176. The highest BCUT2D eigenvalue weighted by atomic mass is 16.6. The molecule has 2 rings (SSSR count). The lowest BCUT2D eigenvalue weighted by molar-refractivity contribution is -0.384. The van der Waals surface area contributed by atoms with Crippen molar-refractivity contribution in [1.82, 2.24) is 5.32 Å². The van der Waals surface area contributed by atoms with E-state index in [2.05, 4.69) is 10.6 Å². The second kappa shape index (κ2) is 7.36. The third kappa shape index (κ3) is 4.64. The van der Waals surface area contributed by atoms with Gasteiger partial charge >= 0.3 is 0 Å². The Bertz CT molecular complexity index is 782. The first-order chi connectivity index (χ1) is 11.3. The van der Waals surface area contributed by atoms with Gasteiger partial charge in [0.1, 0.15) is 0 Å². The molecule has 0 saturated carbocycles. The second-order valence-electron chi connectivity index (χ2n) is 5.41. The van der Waals surface area contributed by atoms with E-state index in [1.165, 1.54) is 18.2 Å². The Morgan fingerprint density at radius 2 is 1.75 bits per heavy atom. The van der Waals surface area contributed by atoms with E-state index in [9.17, 15) is 19.7 Å². The number of hydrogen-bond donors (Lipinski definition) is 2. The van der Waals surface area contributed by atoms with Gasteiger partial charge < -0.3 is 10.6 Å². The van der Waals surface area contributed by atoms with Crippen molar-refractivity contribution in [3.8, 4) is 0 Å². The number of nitrogens with zero attached hydrogens (tertiary/aromatic N) is 1. The predicted octanol–water partition coefficient (Wildman–Crippen LogP) is 2.58. The number of nitro groups is 1. The van der Waals surface area contributed by atoms with E-state index < -0.39 is 10.8 Å². The highest BCUT2D eigenvalue weighted by Crippen LogP contribution is 2.14. The van der Waals surface area contributed by atoms with Crippen LogP contribution in [-0.4, -0.2) is 23.3 Å². The first kappa shape index (κ1) is 17.1. The standard InChI is InChI=1S/C17H17N3O4/c1-11-6-12(2)8-14(7-11)19-16(21)10-18-17(22)13-4-3-5-15(9-13)20(23)24/h3-9H,10H2,1-2H3,(H,18,22)(H,19,21). The van der Waals surface area contributed by atoms with Crippen molar-refractivity contribution in [2.75, 3.05) is 11.9 Å². The maximum atomic E-state index is 12.0. The van der Waals surface area contributed by atoms with E-state index >= 15 is 0 Å². The van der Waals surface area contributed by atoms with Gasteiger partial charge in [0.2, 0.25) is 5.91 Å². The number of carbonyl (C=O) groups excluding carboxylic acids is 2. The molecule has 0 aliphatic carbocycles. The molecule has 2 N–H and O–H groups in total. The molecule has 0 fully saturated rings. The SMILES string of the molecule is Cc1cc(C)cc(NC(=O)CNC(=O)c2cccc([N+](=O)[O-])c2)c1. The Morgan fingerprint density at radius 1 is 1.08 bits per heavy atom. The third-order valence-corrected chi connectivity index (χ3v) is 3.23. The van der Waals surface area contributed by atoms with Crippen LogP contribution in [0.15, 0.2) is 42.5 Å². The second-order valence-corrected chi connectivity index (χ2v) is 5.41. The summed E-state index contributed by atoms with van der Waals surface area (Å²) in [7, 11) is 0. The summed E-state index contributed by atoms with van der Waals surface area (Å²) < 4.78 is 0. The van der Waals surface area contributed by atoms with Crippen molar-refractivity contribution in [2.24, 2.45) is 0 Å². The van der Waals surface area contributed by atoms with Crippen LogP contribution < -0.4 is 10.6 Å². The van der Waals surface area contributed by atoms with Crippen molar-refractivity contribution in [3.05, 3.63) is 69.3 Å². The summed E-state index contributed by atoms with van der Waals surface area (Å²) in [5.41, 5.74) is 2.64. The summed E-state index contributed by atoms with van der Waals surface area (Å²) in [4.78, 5) is 34.0. The average Bonchev–Trinajstić information content (AvgIpc) is 2.51. The van der Waals surface area contributed by atoms with Gasteiger partial charge in [0.05, 0.1) is 11.5 Å². The number of benzene rings is 2. The lowest BCUT2D eigenvalue weighted by atomic mass is 10.1. The fourth-order valence-electron chi connectivity index (χ4n) is 2.28. The largest absolute Gasteiger partial charge is 0.343 e. The minimum absolute atomic E-state index is 0.128. The number of hydrogen-bond acceptors (Lipinski definition) is 4. The predicted molar refractivity (Wildman–Crippen MR) is 90.0 cm³/mol. The van der Waals surface area contributed by atoms with Crippen molar-refractivity contribution in [3.63, 3.8) is 0 Å². The molecular weight excluding hydrogens is 310 g/mol. The van der Waals surface area contributed by atoms with E-state index in [1.54, 1.807) is 0 Å². The first-order valence-electron chi connectivity index (χ1n) is 7.26. The molecule has 0 bridgehead atoms. The minimum Gasteiger partial charge on any atom is -0.343 e. The monoisotopic (exact) mass is 327 g/mol. The van der Waals surface area contributed by atoms with Crippen molar-refractivity contribution in [2.45, 2.75) is 13.8 Å². The molecule has 0 radical (unpaired) electrons. The van der Waals surface area contributed by atoms with Gasteiger partial charge in [-0.3, -0.25) is 19.7 Å². The normalized spacial score (nSPS) is 10.1. The number of anilines is 1. The zero-order valence-corrected chi connectivity index (χ0v) is 13.3. The molecule has 0 saturated heterocycles. The molecule has 124 valence electrons. The fourth-order valence-corrected chi connectivity index (χ4v) is 2.28. The smallest absolute Gasteiger partial charge is 0.270 e. The summed E-state index contributed by atoms with van der Waals surface area (Å²) in [5, 5.41) is 15.8. The van der Waals surface area contributed by atoms with Crippen LogP contribution in [0.5, 0.6) is 0 Å². The average molecular weight is 327 g/mol. The minimum atomic E-state index is -0.580. The Balaban J connectivity index is 1.95. The Labute approximate surface area is 138 Å². The van der Waals surface area contributed by atoms with E-state index in [0.717, 1.165) is 17.2 Å². The van der Waals surface area contributed by atoms with Crippen LogP contribution in [0.3, 0.4) is 0 Å². The number of nitro benzene ring substituents is 1. The van der Waals surface area contributed by atoms with Crippen molar-refractivity contribution in [1.29, 1.82) is 0 Å².